The lowest BCUT2D eigenvalue weighted by Crippen LogP contribution is -2.40. The van der Waals surface area contributed by atoms with Crippen molar-refractivity contribution in [2.75, 3.05) is 5.75 Å². The Bertz CT molecular complexity index is 1230. The number of fused-ring (bicyclic) bond motifs is 3. The molecule has 3 aromatic rings. The Hall–Kier alpha value is -2.65. The van der Waals surface area contributed by atoms with Crippen LogP contribution in [0.2, 0.25) is 0 Å². The van der Waals surface area contributed by atoms with E-state index in [1.54, 1.807) is 15.9 Å². The van der Waals surface area contributed by atoms with Crippen molar-refractivity contribution in [3.63, 3.8) is 0 Å². The number of urea groups is 1. The maximum Gasteiger partial charge on any atom is 0.321 e. The topological polar surface area (TPSA) is 93.1 Å². The smallest absolute Gasteiger partial charge is 0.321 e. The number of aryl methyl sites for hydroxylation is 2. The number of hydrogen-bond donors (Lipinski definition) is 2. The molecule has 34 heavy (non-hydrogen) atoms. The number of benzene rings is 1. The fourth-order valence-electron chi connectivity index (χ4n) is 4.03. The number of thiophene rings is 1. The number of rotatable bonds is 8. The molecule has 2 heterocycles. The first-order valence-corrected chi connectivity index (χ1v) is 13.5. The summed E-state index contributed by atoms with van der Waals surface area (Å²) >= 11 is 2.81. The molecule has 0 unspecified atom stereocenters. The van der Waals surface area contributed by atoms with Crippen molar-refractivity contribution in [1.29, 1.82) is 0 Å². The van der Waals surface area contributed by atoms with Crippen molar-refractivity contribution < 1.29 is 9.59 Å². The van der Waals surface area contributed by atoms with Crippen molar-refractivity contribution in [2.24, 2.45) is 5.92 Å². The van der Waals surface area contributed by atoms with E-state index in [0.29, 0.717) is 24.2 Å². The summed E-state index contributed by atoms with van der Waals surface area (Å²) in [7, 11) is 0. The molecule has 2 N–H and O–H groups in total. The largest absolute Gasteiger partial charge is 0.334 e. The summed E-state index contributed by atoms with van der Waals surface area (Å²) < 4.78 is 1.72. The number of carbonyl (C=O) groups excluding carboxylic acids is 2. The molecule has 0 atom stereocenters. The third kappa shape index (κ3) is 5.88. The highest BCUT2D eigenvalue weighted by Gasteiger charge is 2.22. The van der Waals surface area contributed by atoms with E-state index in [-0.39, 0.29) is 11.3 Å². The lowest BCUT2D eigenvalue weighted by Gasteiger charge is -2.14. The van der Waals surface area contributed by atoms with E-state index in [2.05, 4.69) is 24.5 Å². The first-order valence-electron chi connectivity index (χ1n) is 11.7. The molecule has 3 amide bonds. The third-order valence-corrected chi connectivity index (χ3v) is 8.01. The Morgan fingerprint density at radius 1 is 1.18 bits per heavy atom. The van der Waals surface area contributed by atoms with Gasteiger partial charge in [0.25, 0.3) is 5.56 Å². The van der Waals surface area contributed by atoms with Gasteiger partial charge in [0.1, 0.15) is 4.83 Å². The molecule has 2 aromatic heterocycles. The highest BCUT2D eigenvalue weighted by atomic mass is 32.2. The Labute approximate surface area is 207 Å². The Kier molecular flexibility index (Phi) is 8.05. The molecule has 1 aliphatic rings. The Morgan fingerprint density at radius 2 is 1.94 bits per heavy atom. The van der Waals surface area contributed by atoms with Gasteiger partial charge < -0.3 is 5.32 Å². The Morgan fingerprint density at radius 3 is 2.71 bits per heavy atom. The van der Waals surface area contributed by atoms with E-state index < -0.39 is 11.9 Å². The van der Waals surface area contributed by atoms with E-state index in [1.165, 1.54) is 22.2 Å². The monoisotopic (exact) mass is 498 g/mol. The van der Waals surface area contributed by atoms with Crippen LogP contribution in [-0.4, -0.2) is 27.2 Å². The first kappa shape index (κ1) is 24.5. The number of hydrogen-bond acceptors (Lipinski definition) is 6. The number of carbonyl (C=O) groups is 2. The van der Waals surface area contributed by atoms with Crippen LogP contribution >= 0.6 is 23.1 Å². The van der Waals surface area contributed by atoms with Gasteiger partial charge in [0, 0.05) is 18.0 Å². The molecule has 1 aliphatic carbocycles. The molecular formula is C25H30N4O3S2. The highest BCUT2D eigenvalue weighted by Crippen LogP contribution is 2.34. The number of nitrogens with one attached hydrogen (secondary N) is 2. The second-order valence-corrected chi connectivity index (χ2v) is 11.0. The number of thioether (sulfide) groups is 1. The van der Waals surface area contributed by atoms with Crippen molar-refractivity contribution >= 4 is 45.3 Å². The summed E-state index contributed by atoms with van der Waals surface area (Å²) in [6.45, 7) is 5.14. The van der Waals surface area contributed by atoms with Gasteiger partial charge in [0.05, 0.1) is 11.1 Å². The number of aromatic nitrogens is 2. The summed E-state index contributed by atoms with van der Waals surface area (Å²) in [6, 6.07) is 8.95. The minimum Gasteiger partial charge on any atom is -0.334 e. The molecule has 7 nitrogen and oxygen atoms in total. The minimum absolute atomic E-state index is 0.00344. The lowest BCUT2D eigenvalue weighted by atomic mass is 9.97. The van der Waals surface area contributed by atoms with Gasteiger partial charge in [-0.1, -0.05) is 55.9 Å². The van der Waals surface area contributed by atoms with Gasteiger partial charge >= 0.3 is 6.03 Å². The fourth-order valence-corrected chi connectivity index (χ4v) is 6.16. The molecule has 0 aliphatic heterocycles. The molecule has 0 saturated heterocycles. The number of nitrogens with zero attached hydrogens (tertiary/aromatic N) is 2. The average molecular weight is 499 g/mol. The second-order valence-electron chi connectivity index (χ2n) is 8.93. The van der Waals surface area contributed by atoms with Crippen molar-refractivity contribution in [3.05, 3.63) is 56.7 Å². The van der Waals surface area contributed by atoms with E-state index in [9.17, 15) is 14.4 Å². The zero-order valence-corrected chi connectivity index (χ0v) is 21.2. The van der Waals surface area contributed by atoms with Crippen LogP contribution in [0.25, 0.3) is 10.2 Å². The minimum atomic E-state index is -0.541. The van der Waals surface area contributed by atoms with Gasteiger partial charge in [-0.25, -0.2) is 9.78 Å². The predicted molar refractivity (Wildman–Crippen MR) is 138 cm³/mol. The SMILES string of the molecule is CC(C)CCn1c(SCC(=O)NC(=O)NCc2ccccc2)nc2sc3c(c2c1=O)CCCC3. The molecule has 4 rings (SSSR count). The van der Waals surface area contributed by atoms with Gasteiger partial charge in [-0.2, -0.15) is 0 Å². The van der Waals surface area contributed by atoms with E-state index in [0.717, 1.165) is 47.9 Å². The molecule has 0 spiro atoms. The molecule has 0 fully saturated rings. The summed E-state index contributed by atoms with van der Waals surface area (Å²) in [5.74, 6) is 0.0166. The molecule has 9 heteroatoms. The third-order valence-electron chi connectivity index (χ3n) is 5.85. The quantitative estimate of drug-likeness (QED) is 0.352. The molecule has 1 aromatic carbocycles. The molecule has 0 saturated carbocycles. The van der Waals surface area contributed by atoms with Crippen LogP contribution in [0, 0.1) is 5.92 Å². The van der Waals surface area contributed by atoms with Crippen molar-refractivity contribution in [1.82, 2.24) is 20.2 Å². The fraction of sp³-hybridized carbons (Fsp3) is 0.440. The van der Waals surface area contributed by atoms with Crippen LogP contribution in [0.15, 0.2) is 40.3 Å². The standard InChI is InChI=1S/C25H30N4O3S2/c1-16(2)12-13-29-23(31)21-18-10-6-7-11-19(18)34-22(21)28-25(29)33-15-20(30)27-24(32)26-14-17-8-4-3-5-9-17/h3-5,8-9,16H,6-7,10-15H2,1-2H3,(H2,26,27,30,32). The Balaban J connectivity index is 1.46. The maximum atomic E-state index is 13.5. The summed E-state index contributed by atoms with van der Waals surface area (Å²) in [5.41, 5.74) is 2.12. The zero-order chi connectivity index (χ0) is 24.1. The number of imide groups is 1. The predicted octanol–water partition coefficient (Wildman–Crippen LogP) is 4.50. The van der Waals surface area contributed by atoms with Gasteiger partial charge in [-0.15, -0.1) is 11.3 Å². The molecule has 180 valence electrons. The molecule has 0 bridgehead atoms. The van der Waals surface area contributed by atoms with E-state index in [1.807, 2.05) is 30.3 Å². The number of amides is 3. The van der Waals surface area contributed by atoms with Crippen LogP contribution in [-0.2, 0) is 30.7 Å². The second kappa shape index (κ2) is 11.2. The van der Waals surface area contributed by atoms with E-state index in [4.69, 9.17) is 4.98 Å². The maximum absolute atomic E-state index is 13.5. The van der Waals surface area contributed by atoms with Crippen LogP contribution < -0.4 is 16.2 Å². The van der Waals surface area contributed by atoms with Gasteiger partial charge in [0.2, 0.25) is 5.91 Å². The normalized spacial score (nSPS) is 13.1. The first-order chi connectivity index (χ1) is 16.4. The van der Waals surface area contributed by atoms with Crippen LogP contribution in [0.1, 0.15) is 49.1 Å². The molecule has 0 radical (unpaired) electrons. The van der Waals surface area contributed by atoms with Crippen LogP contribution in [0.4, 0.5) is 4.79 Å². The summed E-state index contributed by atoms with van der Waals surface area (Å²) in [5, 5.41) is 6.34. The summed E-state index contributed by atoms with van der Waals surface area (Å²) in [4.78, 5) is 44.9. The van der Waals surface area contributed by atoms with E-state index >= 15 is 0 Å². The lowest BCUT2D eigenvalue weighted by molar-refractivity contribution is -0.117. The highest BCUT2D eigenvalue weighted by molar-refractivity contribution is 7.99. The van der Waals surface area contributed by atoms with Crippen LogP contribution in [0.3, 0.4) is 0 Å². The van der Waals surface area contributed by atoms with Crippen molar-refractivity contribution in [3.8, 4) is 0 Å². The van der Waals surface area contributed by atoms with Gasteiger partial charge in [-0.3, -0.25) is 19.5 Å². The molecular weight excluding hydrogens is 468 g/mol. The van der Waals surface area contributed by atoms with Gasteiger partial charge in [0.15, 0.2) is 5.16 Å². The summed E-state index contributed by atoms with van der Waals surface area (Å²) in [6.07, 6.45) is 5.04. The van der Waals surface area contributed by atoms with Crippen LogP contribution in [0.5, 0.6) is 0 Å². The average Bonchev–Trinajstić information content (AvgIpc) is 3.20. The van der Waals surface area contributed by atoms with Crippen molar-refractivity contribution in [2.45, 2.75) is 64.2 Å². The zero-order valence-electron chi connectivity index (χ0n) is 19.6. The van der Waals surface area contributed by atoms with Gasteiger partial charge in [-0.05, 0) is 49.1 Å².